The van der Waals surface area contributed by atoms with Gasteiger partial charge in [-0.3, -0.25) is 4.79 Å². The van der Waals surface area contributed by atoms with Crippen LogP contribution in [0.4, 0.5) is 8.78 Å². The fraction of sp³-hybridized carbons (Fsp3) is 0.0833. The molecular formula is C12H8F2O2. The first-order valence-corrected chi connectivity index (χ1v) is 4.65. The topological polar surface area (TPSA) is 30.2 Å². The molecule has 82 valence electrons. The van der Waals surface area contributed by atoms with Gasteiger partial charge in [-0.05, 0) is 24.3 Å². The van der Waals surface area contributed by atoms with E-state index in [1.54, 1.807) is 0 Å². The van der Waals surface area contributed by atoms with Crippen molar-refractivity contribution in [2.75, 3.05) is 0 Å². The summed E-state index contributed by atoms with van der Waals surface area (Å²) in [5, 5.41) is 0. The molecule has 16 heavy (non-hydrogen) atoms. The molecule has 0 radical (unpaired) electrons. The van der Waals surface area contributed by atoms with Crippen LogP contribution in [0.1, 0.15) is 17.5 Å². The van der Waals surface area contributed by atoms with Crippen LogP contribution in [0.25, 0.3) is 11.3 Å². The molecule has 4 heteroatoms. The van der Waals surface area contributed by atoms with E-state index in [1.807, 2.05) is 0 Å². The van der Waals surface area contributed by atoms with Crippen molar-refractivity contribution >= 4 is 5.78 Å². The summed E-state index contributed by atoms with van der Waals surface area (Å²) >= 11 is 0. The molecule has 0 aliphatic rings. The SMILES string of the molecule is CC(=O)c1ccc(-c2c(F)cccc2F)o1. The minimum atomic E-state index is -0.718. The lowest BCUT2D eigenvalue weighted by Crippen LogP contribution is -1.89. The maximum atomic E-state index is 13.4. The molecule has 0 N–H and O–H groups in total. The van der Waals surface area contributed by atoms with Crippen LogP contribution in [-0.4, -0.2) is 5.78 Å². The van der Waals surface area contributed by atoms with Gasteiger partial charge in [0, 0.05) is 6.92 Å². The predicted octanol–water partition coefficient (Wildman–Crippen LogP) is 3.43. The number of halogens is 2. The van der Waals surface area contributed by atoms with Gasteiger partial charge in [0.15, 0.2) is 11.5 Å². The van der Waals surface area contributed by atoms with Crippen molar-refractivity contribution in [1.29, 1.82) is 0 Å². The van der Waals surface area contributed by atoms with E-state index in [-0.39, 0.29) is 22.9 Å². The molecule has 2 rings (SSSR count). The van der Waals surface area contributed by atoms with Crippen molar-refractivity contribution in [2.45, 2.75) is 6.92 Å². The van der Waals surface area contributed by atoms with Crippen LogP contribution in [0, 0.1) is 11.6 Å². The summed E-state index contributed by atoms with van der Waals surface area (Å²) in [6, 6.07) is 6.30. The molecule has 1 aromatic heterocycles. The molecule has 0 spiro atoms. The van der Waals surface area contributed by atoms with Gasteiger partial charge in [0.05, 0.1) is 5.56 Å². The lowest BCUT2D eigenvalue weighted by molar-refractivity contribution is 0.0988. The summed E-state index contributed by atoms with van der Waals surface area (Å²) in [6.45, 7) is 1.32. The van der Waals surface area contributed by atoms with Crippen LogP contribution in [0.3, 0.4) is 0 Å². The zero-order valence-electron chi connectivity index (χ0n) is 8.46. The highest BCUT2D eigenvalue weighted by Gasteiger charge is 2.15. The van der Waals surface area contributed by atoms with Crippen LogP contribution >= 0.6 is 0 Å². The number of furan rings is 1. The van der Waals surface area contributed by atoms with Crippen molar-refractivity contribution in [1.82, 2.24) is 0 Å². The van der Waals surface area contributed by atoms with Crippen LogP contribution < -0.4 is 0 Å². The van der Waals surface area contributed by atoms with Crippen molar-refractivity contribution in [2.24, 2.45) is 0 Å². The monoisotopic (exact) mass is 222 g/mol. The molecule has 0 aliphatic carbocycles. The third-order valence-corrected chi connectivity index (χ3v) is 2.16. The van der Waals surface area contributed by atoms with E-state index < -0.39 is 11.6 Å². The normalized spacial score (nSPS) is 10.4. The van der Waals surface area contributed by atoms with E-state index in [4.69, 9.17) is 4.42 Å². The zero-order valence-corrected chi connectivity index (χ0v) is 8.46. The van der Waals surface area contributed by atoms with E-state index in [0.29, 0.717) is 0 Å². The number of carbonyl (C=O) groups excluding carboxylic acids is 1. The van der Waals surface area contributed by atoms with Gasteiger partial charge in [0.2, 0.25) is 0 Å². The third kappa shape index (κ3) is 1.74. The Labute approximate surface area is 90.5 Å². The second kappa shape index (κ2) is 3.89. The summed E-state index contributed by atoms with van der Waals surface area (Å²) in [5.41, 5.74) is -0.255. The average molecular weight is 222 g/mol. The molecule has 0 amide bonds. The van der Waals surface area contributed by atoms with Crippen LogP contribution in [-0.2, 0) is 0 Å². The first-order chi connectivity index (χ1) is 7.59. The van der Waals surface area contributed by atoms with Gasteiger partial charge in [-0.25, -0.2) is 8.78 Å². The Morgan fingerprint density at radius 3 is 2.25 bits per heavy atom. The quantitative estimate of drug-likeness (QED) is 0.728. The molecule has 0 unspecified atom stereocenters. The number of hydrogen-bond acceptors (Lipinski definition) is 2. The standard InChI is InChI=1S/C12H8F2O2/c1-7(15)10-5-6-11(16-10)12-8(13)3-2-4-9(12)14/h2-6H,1H3. The number of ketones is 1. The molecule has 0 fully saturated rings. The Hall–Kier alpha value is -1.97. The fourth-order valence-corrected chi connectivity index (χ4v) is 1.39. The zero-order chi connectivity index (χ0) is 11.7. The molecule has 0 saturated heterocycles. The highest BCUT2D eigenvalue weighted by Crippen LogP contribution is 2.27. The Kier molecular flexibility index (Phi) is 2.56. The van der Waals surface area contributed by atoms with E-state index in [0.717, 1.165) is 12.1 Å². The smallest absolute Gasteiger partial charge is 0.194 e. The molecule has 2 aromatic rings. The van der Waals surface area contributed by atoms with Crippen LogP contribution in [0.5, 0.6) is 0 Å². The predicted molar refractivity (Wildman–Crippen MR) is 54.1 cm³/mol. The lowest BCUT2D eigenvalue weighted by Gasteiger charge is -2.00. The van der Waals surface area contributed by atoms with Gasteiger partial charge >= 0.3 is 0 Å². The van der Waals surface area contributed by atoms with Gasteiger partial charge in [-0.2, -0.15) is 0 Å². The number of rotatable bonds is 2. The highest BCUT2D eigenvalue weighted by atomic mass is 19.1. The lowest BCUT2D eigenvalue weighted by atomic mass is 10.1. The number of benzene rings is 1. The van der Waals surface area contributed by atoms with E-state index in [9.17, 15) is 13.6 Å². The Morgan fingerprint density at radius 2 is 1.75 bits per heavy atom. The summed E-state index contributed by atoms with van der Waals surface area (Å²) in [4.78, 5) is 11.0. The minimum absolute atomic E-state index is 0.0146. The molecule has 1 heterocycles. The van der Waals surface area contributed by atoms with Gasteiger partial charge in [0.1, 0.15) is 17.4 Å². The first kappa shape index (κ1) is 10.5. The molecule has 0 saturated carbocycles. The Morgan fingerprint density at radius 1 is 1.12 bits per heavy atom. The molecule has 1 aromatic carbocycles. The van der Waals surface area contributed by atoms with Crippen molar-refractivity contribution in [3.05, 3.63) is 47.7 Å². The molecule has 0 atom stereocenters. The number of carbonyl (C=O) groups is 1. The molecule has 0 bridgehead atoms. The largest absolute Gasteiger partial charge is 0.453 e. The van der Waals surface area contributed by atoms with Gasteiger partial charge in [-0.15, -0.1) is 0 Å². The third-order valence-electron chi connectivity index (χ3n) is 2.16. The summed E-state index contributed by atoms with van der Waals surface area (Å²) in [5.74, 6) is -1.63. The van der Waals surface area contributed by atoms with Crippen molar-refractivity contribution in [3.63, 3.8) is 0 Å². The van der Waals surface area contributed by atoms with Crippen LogP contribution in [0.15, 0.2) is 34.7 Å². The Balaban J connectivity index is 2.54. The van der Waals surface area contributed by atoms with Crippen molar-refractivity contribution < 1.29 is 18.0 Å². The van der Waals surface area contributed by atoms with E-state index in [2.05, 4.69) is 0 Å². The maximum Gasteiger partial charge on any atom is 0.194 e. The number of Topliss-reactive ketones (excluding diaryl/α,β-unsaturated/α-hetero) is 1. The van der Waals surface area contributed by atoms with Gasteiger partial charge < -0.3 is 4.42 Å². The van der Waals surface area contributed by atoms with Crippen LogP contribution in [0.2, 0.25) is 0 Å². The maximum absolute atomic E-state index is 13.4. The summed E-state index contributed by atoms with van der Waals surface area (Å²) < 4.78 is 31.8. The molecule has 0 aliphatic heterocycles. The number of hydrogen-bond donors (Lipinski definition) is 0. The van der Waals surface area contributed by atoms with E-state index >= 15 is 0 Å². The Bertz CT molecular complexity index is 523. The summed E-state index contributed by atoms with van der Waals surface area (Å²) in [6.07, 6.45) is 0. The molecule has 2 nitrogen and oxygen atoms in total. The average Bonchev–Trinajstić information content (AvgIpc) is 2.66. The fourth-order valence-electron chi connectivity index (χ4n) is 1.39. The second-order valence-electron chi connectivity index (χ2n) is 3.32. The minimum Gasteiger partial charge on any atom is -0.453 e. The second-order valence-corrected chi connectivity index (χ2v) is 3.32. The van der Waals surface area contributed by atoms with E-state index in [1.165, 1.54) is 25.1 Å². The summed E-state index contributed by atoms with van der Waals surface area (Å²) in [7, 11) is 0. The molecular weight excluding hydrogens is 214 g/mol. The first-order valence-electron chi connectivity index (χ1n) is 4.65. The van der Waals surface area contributed by atoms with Gasteiger partial charge in [0.25, 0.3) is 0 Å². The highest BCUT2D eigenvalue weighted by molar-refractivity contribution is 5.91. The van der Waals surface area contributed by atoms with Crippen molar-refractivity contribution in [3.8, 4) is 11.3 Å². The van der Waals surface area contributed by atoms with Gasteiger partial charge in [-0.1, -0.05) is 6.07 Å².